The number of pyridine rings is 1. The van der Waals surface area contributed by atoms with E-state index in [1.54, 1.807) is 6.92 Å². The number of nitrogens with one attached hydrogen (secondary N) is 3. The summed E-state index contributed by atoms with van der Waals surface area (Å²) in [6, 6.07) is 17.5. The molecule has 0 amide bonds. The first-order valence-electron chi connectivity index (χ1n) is 10.5. The van der Waals surface area contributed by atoms with Crippen molar-refractivity contribution in [3.05, 3.63) is 76.7 Å². The number of carbonyl (C=O) groups is 1. The number of ether oxygens (including phenoxy) is 1. The molecule has 0 aliphatic carbocycles. The Morgan fingerprint density at radius 1 is 1.06 bits per heavy atom. The molecular formula is C25H18N4O3S. The molecule has 162 valence electrons. The van der Waals surface area contributed by atoms with Crippen LogP contribution < -0.4 is 5.56 Å². The Kier molecular flexibility index (Phi) is 4.41. The van der Waals surface area contributed by atoms with E-state index in [9.17, 15) is 9.59 Å². The molecule has 4 heterocycles. The summed E-state index contributed by atoms with van der Waals surface area (Å²) in [6.07, 6.45) is 1.89. The van der Waals surface area contributed by atoms with E-state index in [1.807, 2.05) is 60.8 Å². The molecular weight excluding hydrogens is 436 g/mol. The fourth-order valence-corrected chi connectivity index (χ4v) is 5.38. The van der Waals surface area contributed by atoms with Gasteiger partial charge in [0, 0.05) is 39.2 Å². The smallest absolute Gasteiger partial charge is 0.341 e. The van der Waals surface area contributed by atoms with Crippen LogP contribution in [0.3, 0.4) is 0 Å². The zero-order valence-electron chi connectivity index (χ0n) is 17.6. The predicted octanol–water partition coefficient (Wildman–Crippen LogP) is 5.46. The molecule has 0 saturated heterocycles. The molecule has 0 unspecified atom stereocenters. The number of fused-ring (bicyclic) bond motifs is 4. The zero-order valence-corrected chi connectivity index (χ0v) is 18.4. The average molecular weight is 455 g/mol. The fraction of sp³-hybridized carbons (Fsp3) is 0.0800. The van der Waals surface area contributed by atoms with E-state index in [1.165, 1.54) is 11.3 Å². The van der Waals surface area contributed by atoms with E-state index in [0.717, 1.165) is 27.4 Å². The topological polar surface area (TPSA) is 104 Å². The summed E-state index contributed by atoms with van der Waals surface area (Å²) in [4.78, 5) is 34.7. The highest BCUT2D eigenvalue weighted by atomic mass is 32.1. The van der Waals surface area contributed by atoms with Crippen molar-refractivity contribution in [2.45, 2.75) is 6.92 Å². The minimum absolute atomic E-state index is 0.211. The Morgan fingerprint density at radius 3 is 2.67 bits per heavy atom. The van der Waals surface area contributed by atoms with Gasteiger partial charge in [0.15, 0.2) is 0 Å². The molecule has 0 aliphatic heterocycles. The number of hydrogen-bond donors (Lipinski definition) is 3. The fourth-order valence-electron chi connectivity index (χ4n) is 4.34. The SMILES string of the molecule is CCOC(=O)c1c(-c2ccccc2)nc2sc3c(=O)[nH][nH]c3c2c1-c1c[nH]c2ccccc12. The van der Waals surface area contributed by atoms with Crippen molar-refractivity contribution in [3.63, 3.8) is 0 Å². The van der Waals surface area contributed by atoms with Crippen LogP contribution in [0.2, 0.25) is 0 Å². The quantitative estimate of drug-likeness (QED) is 0.308. The number of carbonyl (C=O) groups excluding carboxylic acids is 1. The number of esters is 1. The number of benzene rings is 2. The zero-order chi connectivity index (χ0) is 22.5. The van der Waals surface area contributed by atoms with Crippen molar-refractivity contribution >= 4 is 48.6 Å². The highest BCUT2D eigenvalue weighted by Crippen LogP contribution is 2.44. The van der Waals surface area contributed by atoms with Crippen LogP contribution in [0.5, 0.6) is 0 Å². The molecule has 8 heteroatoms. The summed E-state index contributed by atoms with van der Waals surface area (Å²) in [5.41, 5.74) is 4.62. The van der Waals surface area contributed by atoms with Gasteiger partial charge in [0.25, 0.3) is 5.56 Å². The van der Waals surface area contributed by atoms with Gasteiger partial charge in [0.1, 0.15) is 9.53 Å². The standard InChI is InChI=1S/C25H18N4O3S/c1-2-32-25(31)19-17(15-12-26-16-11-7-6-10-14(15)16)18-21-22(23(30)29-28-21)33-24(18)27-20(19)13-8-4-3-5-9-13/h3-12,26H,2H2,1H3,(H2,28,29,30). The van der Waals surface area contributed by atoms with Gasteiger partial charge >= 0.3 is 5.97 Å². The van der Waals surface area contributed by atoms with Crippen molar-refractivity contribution in [1.82, 2.24) is 20.2 Å². The summed E-state index contributed by atoms with van der Waals surface area (Å²) in [5.74, 6) is -0.455. The largest absolute Gasteiger partial charge is 0.462 e. The van der Waals surface area contributed by atoms with Crippen molar-refractivity contribution in [2.24, 2.45) is 0 Å². The molecule has 0 aliphatic rings. The van der Waals surface area contributed by atoms with Crippen molar-refractivity contribution in [3.8, 4) is 22.4 Å². The first-order chi connectivity index (χ1) is 16.2. The lowest BCUT2D eigenvalue weighted by molar-refractivity contribution is 0.0528. The lowest BCUT2D eigenvalue weighted by Crippen LogP contribution is -2.10. The van der Waals surface area contributed by atoms with E-state index in [0.29, 0.717) is 31.9 Å². The Labute approximate surface area is 191 Å². The number of aromatic nitrogens is 4. The van der Waals surface area contributed by atoms with Crippen LogP contribution in [0, 0.1) is 0 Å². The molecule has 3 N–H and O–H groups in total. The van der Waals surface area contributed by atoms with Crippen LogP contribution in [-0.4, -0.2) is 32.7 Å². The maximum Gasteiger partial charge on any atom is 0.341 e. The Balaban J connectivity index is 1.85. The molecule has 7 nitrogen and oxygen atoms in total. The second-order valence-electron chi connectivity index (χ2n) is 7.61. The van der Waals surface area contributed by atoms with Gasteiger partial charge in [-0.1, -0.05) is 48.5 Å². The van der Waals surface area contributed by atoms with E-state index in [4.69, 9.17) is 9.72 Å². The summed E-state index contributed by atoms with van der Waals surface area (Å²) in [6.45, 7) is 2.02. The first kappa shape index (κ1) is 19.5. The number of thiophene rings is 1. The van der Waals surface area contributed by atoms with E-state index in [2.05, 4.69) is 15.2 Å². The second kappa shape index (κ2) is 7.46. The van der Waals surface area contributed by atoms with Gasteiger partial charge < -0.3 is 9.72 Å². The van der Waals surface area contributed by atoms with Gasteiger partial charge in [0.2, 0.25) is 0 Å². The Morgan fingerprint density at radius 2 is 1.85 bits per heavy atom. The number of rotatable bonds is 4. The molecule has 6 rings (SSSR count). The third kappa shape index (κ3) is 2.91. The van der Waals surface area contributed by atoms with Gasteiger partial charge in [-0.15, -0.1) is 11.3 Å². The number of para-hydroxylation sites is 1. The van der Waals surface area contributed by atoms with Gasteiger partial charge in [-0.2, -0.15) is 0 Å². The molecule has 0 bridgehead atoms. The molecule has 0 atom stereocenters. The Bertz CT molecular complexity index is 1720. The van der Waals surface area contributed by atoms with Crippen molar-refractivity contribution < 1.29 is 9.53 Å². The van der Waals surface area contributed by atoms with E-state index < -0.39 is 5.97 Å². The number of H-pyrrole nitrogens is 3. The summed E-state index contributed by atoms with van der Waals surface area (Å²) >= 11 is 1.31. The third-order valence-corrected chi connectivity index (χ3v) is 6.81. The highest BCUT2D eigenvalue weighted by molar-refractivity contribution is 7.25. The van der Waals surface area contributed by atoms with Crippen LogP contribution in [0.4, 0.5) is 0 Å². The first-order valence-corrected chi connectivity index (χ1v) is 11.3. The van der Waals surface area contributed by atoms with Crippen molar-refractivity contribution in [1.29, 1.82) is 0 Å². The van der Waals surface area contributed by atoms with E-state index in [-0.39, 0.29) is 12.2 Å². The van der Waals surface area contributed by atoms with Gasteiger partial charge in [-0.3, -0.25) is 15.0 Å². The average Bonchev–Trinajstić information content (AvgIpc) is 3.53. The summed E-state index contributed by atoms with van der Waals surface area (Å²) in [5, 5.41) is 7.33. The Hall–Kier alpha value is -4.17. The predicted molar refractivity (Wildman–Crippen MR) is 131 cm³/mol. The molecule has 0 fully saturated rings. The van der Waals surface area contributed by atoms with Gasteiger partial charge in [-0.25, -0.2) is 9.78 Å². The van der Waals surface area contributed by atoms with Crippen LogP contribution in [0.1, 0.15) is 17.3 Å². The second-order valence-corrected chi connectivity index (χ2v) is 8.61. The molecule has 6 aromatic rings. The number of aromatic amines is 3. The number of hydrogen-bond acceptors (Lipinski definition) is 5. The number of nitrogens with zero attached hydrogens (tertiary/aromatic N) is 1. The minimum Gasteiger partial charge on any atom is -0.462 e. The lowest BCUT2D eigenvalue weighted by Gasteiger charge is -2.15. The lowest BCUT2D eigenvalue weighted by atomic mass is 9.93. The van der Waals surface area contributed by atoms with Crippen molar-refractivity contribution in [2.75, 3.05) is 6.61 Å². The monoisotopic (exact) mass is 454 g/mol. The summed E-state index contributed by atoms with van der Waals surface area (Å²) in [7, 11) is 0. The molecule has 0 saturated carbocycles. The highest BCUT2D eigenvalue weighted by Gasteiger charge is 2.28. The third-order valence-electron chi connectivity index (χ3n) is 5.73. The van der Waals surface area contributed by atoms with Crippen LogP contribution in [0.25, 0.3) is 53.7 Å². The molecule has 33 heavy (non-hydrogen) atoms. The normalized spacial score (nSPS) is 11.5. The molecule has 4 aromatic heterocycles. The maximum atomic E-state index is 13.4. The maximum absolute atomic E-state index is 13.4. The van der Waals surface area contributed by atoms with Crippen LogP contribution in [0.15, 0.2) is 65.6 Å². The summed E-state index contributed by atoms with van der Waals surface area (Å²) < 4.78 is 6.06. The van der Waals surface area contributed by atoms with Crippen LogP contribution in [-0.2, 0) is 4.74 Å². The minimum atomic E-state index is -0.455. The molecule has 0 radical (unpaired) electrons. The van der Waals surface area contributed by atoms with Gasteiger partial charge in [-0.05, 0) is 13.0 Å². The molecule has 0 spiro atoms. The van der Waals surface area contributed by atoms with Crippen LogP contribution >= 0.6 is 11.3 Å². The van der Waals surface area contributed by atoms with E-state index >= 15 is 0 Å². The van der Waals surface area contributed by atoms with Gasteiger partial charge in [0.05, 0.1) is 23.4 Å². The molecule has 2 aromatic carbocycles.